The fourth-order valence-electron chi connectivity index (χ4n) is 3.47. The monoisotopic (exact) mass is 380 g/mol. The molecule has 0 aromatic carbocycles. The van der Waals surface area contributed by atoms with E-state index in [4.69, 9.17) is 0 Å². The van der Waals surface area contributed by atoms with Gasteiger partial charge < -0.3 is 9.80 Å². The van der Waals surface area contributed by atoms with Gasteiger partial charge in [0.2, 0.25) is 21.8 Å². The zero-order valence-corrected chi connectivity index (χ0v) is 15.9. The van der Waals surface area contributed by atoms with Gasteiger partial charge in [-0.3, -0.25) is 14.6 Å². The summed E-state index contributed by atoms with van der Waals surface area (Å²) in [7, 11) is -3.76. The number of carbonyl (C=O) groups excluding carboxylic acids is 2. The quantitative estimate of drug-likeness (QED) is 0.743. The molecule has 26 heavy (non-hydrogen) atoms. The molecule has 1 aromatic rings. The Bertz CT molecular complexity index is 781. The number of nitrogens with zero attached hydrogens (tertiary/aromatic N) is 4. The number of hydrogen-bond acceptors (Lipinski definition) is 5. The Morgan fingerprint density at radius 2 is 2.04 bits per heavy atom. The zero-order valence-electron chi connectivity index (χ0n) is 15.0. The van der Waals surface area contributed by atoms with Gasteiger partial charge in [0, 0.05) is 38.6 Å². The van der Waals surface area contributed by atoms with Crippen LogP contribution in [0.4, 0.5) is 0 Å². The second-order valence-electron chi connectivity index (χ2n) is 7.12. The molecule has 0 saturated carbocycles. The van der Waals surface area contributed by atoms with Gasteiger partial charge in [0.05, 0.1) is 6.54 Å². The van der Waals surface area contributed by atoms with Crippen molar-refractivity contribution < 1.29 is 18.0 Å². The van der Waals surface area contributed by atoms with Crippen LogP contribution >= 0.6 is 0 Å². The van der Waals surface area contributed by atoms with E-state index in [1.807, 2.05) is 13.8 Å². The van der Waals surface area contributed by atoms with Crippen molar-refractivity contribution in [1.82, 2.24) is 19.1 Å². The van der Waals surface area contributed by atoms with Gasteiger partial charge in [0.25, 0.3) is 0 Å². The SMILES string of the molecule is CC(C)CN1CC(=O)N2CCCN(S(=O)(=O)c3cccnc3)CC2C1=O. The molecule has 0 spiro atoms. The predicted octanol–water partition coefficient (Wildman–Crippen LogP) is 0.171. The van der Waals surface area contributed by atoms with Crippen LogP contribution in [0.3, 0.4) is 0 Å². The molecule has 2 saturated heterocycles. The van der Waals surface area contributed by atoms with Crippen LogP contribution in [0.1, 0.15) is 20.3 Å². The highest BCUT2D eigenvalue weighted by molar-refractivity contribution is 7.89. The minimum Gasteiger partial charge on any atom is -0.331 e. The molecule has 2 aliphatic rings. The van der Waals surface area contributed by atoms with Crippen LogP contribution in [0.25, 0.3) is 0 Å². The number of hydrogen-bond donors (Lipinski definition) is 0. The molecule has 3 heterocycles. The van der Waals surface area contributed by atoms with Gasteiger partial charge in [-0.25, -0.2) is 8.42 Å². The lowest BCUT2D eigenvalue weighted by molar-refractivity contribution is -0.156. The van der Waals surface area contributed by atoms with Crippen LogP contribution in [-0.2, 0) is 19.6 Å². The Hall–Kier alpha value is -2.00. The molecule has 142 valence electrons. The summed E-state index contributed by atoms with van der Waals surface area (Å²) in [6, 6.07) is 2.30. The van der Waals surface area contributed by atoms with Crippen LogP contribution in [0, 0.1) is 5.92 Å². The molecule has 1 atom stereocenters. The van der Waals surface area contributed by atoms with Crippen molar-refractivity contribution in [2.45, 2.75) is 31.2 Å². The fraction of sp³-hybridized carbons (Fsp3) is 0.588. The van der Waals surface area contributed by atoms with E-state index >= 15 is 0 Å². The smallest absolute Gasteiger partial charge is 0.247 e. The van der Waals surface area contributed by atoms with E-state index in [0.717, 1.165) is 0 Å². The van der Waals surface area contributed by atoms with Gasteiger partial charge in [-0.2, -0.15) is 4.31 Å². The third-order valence-electron chi connectivity index (χ3n) is 4.66. The molecule has 0 N–H and O–H groups in total. The van der Waals surface area contributed by atoms with Crippen molar-refractivity contribution in [2.75, 3.05) is 32.7 Å². The van der Waals surface area contributed by atoms with Crippen LogP contribution in [0.2, 0.25) is 0 Å². The van der Waals surface area contributed by atoms with E-state index in [0.29, 0.717) is 19.5 Å². The van der Waals surface area contributed by atoms with Gasteiger partial charge in [-0.05, 0) is 24.5 Å². The second kappa shape index (κ2) is 7.32. The number of pyridine rings is 1. The third-order valence-corrected chi connectivity index (χ3v) is 6.51. The highest BCUT2D eigenvalue weighted by Gasteiger charge is 2.43. The highest BCUT2D eigenvalue weighted by Crippen LogP contribution is 2.23. The van der Waals surface area contributed by atoms with Crippen molar-refractivity contribution in [2.24, 2.45) is 5.92 Å². The number of aromatic nitrogens is 1. The number of fused-ring (bicyclic) bond motifs is 1. The first kappa shape index (κ1) is 18.8. The van der Waals surface area contributed by atoms with Gasteiger partial charge in [0.15, 0.2) is 0 Å². The third kappa shape index (κ3) is 3.59. The van der Waals surface area contributed by atoms with Crippen molar-refractivity contribution >= 4 is 21.8 Å². The Kier molecular flexibility index (Phi) is 5.29. The second-order valence-corrected chi connectivity index (χ2v) is 9.06. The van der Waals surface area contributed by atoms with Gasteiger partial charge in [0.1, 0.15) is 10.9 Å². The maximum atomic E-state index is 12.9. The van der Waals surface area contributed by atoms with E-state index in [1.165, 1.54) is 27.7 Å². The first-order valence-corrected chi connectivity index (χ1v) is 10.2. The highest BCUT2D eigenvalue weighted by atomic mass is 32.2. The molecule has 1 unspecified atom stereocenters. The number of carbonyl (C=O) groups is 2. The number of piperazine rings is 1. The van der Waals surface area contributed by atoms with Crippen LogP contribution in [0.5, 0.6) is 0 Å². The van der Waals surface area contributed by atoms with E-state index in [-0.39, 0.29) is 42.3 Å². The molecular formula is C17H24N4O4S. The lowest BCUT2D eigenvalue weighted by Crippen LogP contribution is -2.62. The first-order chi connectivity index (χ1) is 12.3. The number of sulfonamides is 1. The minimum absolute atomic E-state index is 0.0175. The first-order valence-electron chi connectivity index (χ1n) is 8.79. The summed E-state index contributed by atoms with van der Waals surface area (Å²) in [6.45, 7) is 5.18. The number of rotatable bonds is 4. The number of amides is 2. The van der Waals surface area contributed by atoms with E-state index in [9.17, 15) is 18.0 Å². The lowest BCUT2D eigenvalue weighted by Gasteiger charge is -2.40. The molecule has 8 nitrogen and oxygen atoms in total. The molecule has 0 radical (unpaired) electrons. The van der Waals surface area contributed by atoms with Crippen molar-refractivity contribution in [3.63, 3.8) is 0 Å². The minimum atomic E-state index is -3.76. The van der Waals surface area contributed by atoms with E-state index in [2.05, 4.69) is 4.98 Å². The average molecular weight is 380 g/mol. The van der Waals surface area contributed by atoms with Crippen molar-refractivity contribution in [3.05, 3.63) is 24.5 Å². The zero-order chi connectivity index (χ0) is 18.9. The predicted molar refractivity (Wildman–Crippen MR) is 94.5 cm³/mol. The fourth-order valence-corrected chi connectivity index (χ4v) is 4.92. The summed E-state index contributed by atoms with van der Waals surface area (Å²) in [6.07, 6.45) is 3.31. The van der Waals surface area contributed by atoms with E-state index in [1.54, 1.807) is 11.0 Å². The Balaban J connectivity index is 1.87. The average Bonchev–Trinajstić information content (AvgIpc) is 2.84. The molecule has 0 aliphatic carbocycles. The Morgan fingerprint density at radius 1 is 1.27 bits per heavy atom. The van der Waals surface area contributed by atoms with Crippen LogP contribution < -0.4 is 0 Å². The molecular weight excluding hydrogens is 356 g/mol. The molecule has 2 amide bonds. The summed E-state index contributed by atoms with van der Waals surface area (Å²) < 4.78 is 27.1. The summed E-state index contributed by atoms with van der Waals surface area (Å²) in [5, 5.41) is 0. The van der Waals surface area contributed by atoms with Crippen LogP contribution in [-0.4, -0.2) is 78.1 Å². The summed E-state index contributed by atoms with van der Waals surface area (Å²) in [5.41, 5.74) is 0. The maximum Gasteiger partial charge on any atom is 0.247 e. The standard InChI is InChI=1S/C17H24N4O4S/c1-13(2)10-19-12-16(22)21-8-4-7-20(11-15(21)17(19)23)26(24,25)14-5-3-6-18-9-14/h3,5-6,9,13,15H,4,7-8,10-12H2,1-2H3. The van der Waals surface area contributed by atoms with Gasteiger partial charge in [-0.15, -0.1) is 0 Å². The molecule has 2 fully saturated rings. The molecule has 9 heteroatoms. The van der Waals surface area contributed by atoms with E-state index < -0.39 is 16.1 Å². The normalized spacial score (nSPS) is 22.5. The summed E-state index contributed by atoms with van der Waals surface area (Å²) >= 11 is 0. The summed E-state index contributed by atoms with van der Waals surface area (Å²) in [5.74, 6) is -0.0539. The summed E-state index contributed by atoms with van der Waals surface area (Å²) in [4.78, 5) is 32.5. The van der Waals surface area contributed by atoms with Gasteiger partial charge in [-0.1, -0.05) is 13.8 Å². The van der Waals surface area contributed by atoms with Crippen molar-refractivity contribution in [1.29, 1.82) is 0 Å². The maximum absolute atomic E-state index is 12.9. The molecule has 2 aliphatic heterocycles. The Morgan fingerprint density at radius 3 is 2.69 bits per heavy atom. The molecule has 3 rings (SSSR count). The largest absolute Gasteiger partial charge is 0.331 e. The molecule has 0 bridgehead atoms. The van der Waals surface area contributed by atoms with Crippen molar-refractivity contribution in [3.8, 4) is 0 Å². The van der Waals surface area contributed by atoms with Gasteiger partial charge >= 0.3 is 0 Å². The Labute approximate surface area is 153 Å². The topological polar surface area (TPSA) is 90.9 Å². The molecule has 1 aromatic heterocycles. The van der Waals surface area contributed by atoms with Crippen LogP contribution in [0.15, 0.2) is 29.4 Å². The lowest BCUT2D eigenvalue weighted by atomic mass is 10.1.